The van der Waals surface area contributed by atoms with Gasteiger partial charge in [0.05, 0.1) is 0 Å². The molecule has 0 fully saturated rings. The largest absolute Gasteiger partial charge is 0.424 e. The van der Waals surface area contributed by atoms with Crippen molar-refractivity contribution in [1.29, 1.82) is 0 Å². The molecule has 88 valence electrons. The van der Waals surface area contributed by atoms with Crippen molar-refractivity contribution < 1.29 is 9.13 Å². The summed E-state index contributed by atoms with van der Waals surface area (Å²) in [4.78, 5) is 8.06. The first-order valence-electron chi connectivity index (χ1n) is 5.00. The van der Waals surface area contributed by atoms with Crippen LogP contribution in [0.2, 0.25) is 0 Å². The third-order valence-corrected chi connectivity index (χ3v) is 2.83. The summed E-state index contributed by atoms with van der Waals surface area (Å²) in [6.07, 6.45) is 3.32. The number of rotatable bonds is 3. The Labute approximate surface area is 107 Å². The van der Waals surface area contributed by atoms with Crippen molar-refractivity contribution in [1.82, 2.24) is 9.97 Å². The second kappa shape index (κ2) is 5.23. The van der Waals surface area contributed by atoms with Gasteiger partial charge in [0.25, 0.3) is 0 Å². The van der Waals surface area contributed by atoms with Gasteiger partial charge in [-0.3, -0.25) is 0 Å². The number of aromatic nitrogens is 2. The molecule has 0 aliphatic rings. The summed E-state index contributed by atoms with van der Waals surface area (Å²) in [5, 5.41) is 0.687. The van der Waals surface area contributed by atoms with Gasteiger partial charge in [-0.15, -0.1) is 0 Å². The normalized spacial score (nSPS) is 10.3. The maximum Gasteiger partial charge on any atom is 0.321 e. The first kappa shape index (κ1) is 12.0. The summed E-state index contributed by atoms with van der Waals surface area (Å²) in [5.41, 5.74) is 1.79. The highest BCUT2D eigenvalue weighted by molar-refractivity contribution is 9.08. The quantitative estimate of drug-likeness (QED) is 0.812. The van der Waals surface area contributed by atoms with E-state index in [0.29, 0.717) is 11.1 Å². The van der Waals surface area contributed by atoms with Gasteiger partial charge in [-0.2, -0.15) is 0 Å². The molecule has 2 aromatic rings. The fraction of sp³-hybridized carbons (Fsp3) is 0.167. The Kier molecular flexibility index (Phi) is 3.68. The molecule has 0 amide bonds. The van der Waals surface area contributed by atoms with E-state index in [2.05, 4.69) is 25.9 Å². The van der Waals surface area contributed by atoms with Crippen molar-refractivity contribution in [2.75, 3.05) is 0 Å². The molecule has 1 aromatic heterocycles. The summed E-state index contributed by atoms with van der Waals surface area (Å²) in [5.74, 6) is 0.0827. The molecular weight excluding hydrogens is 287 g/mol. The minimum absolute atomic E-state index is 0.211. The smallest absolute Gasteiger partial charge is 0.321 e. The second-order valence-corrected chi connectivity index (χ2v) is 4.08. The van der Waals surface area contributed by atoms with Crippen molar-refractivity contribution in [3.05, 3.63) is 47.5 Å². The predicted molar refractivity (Wildman–Crippen MR) is 65.9 cm³/mol. The molecule has 2 rings (SSSR count). The topological polar surface area (TPSA) is 35.0 Å². The van der Waals surface area contributed by atoms with Crippen LogP contribution < -0.4 is 4.74 Å². The van der Waals surface area contributed by atoms with Gasteiger partial charge in [0, 0.05) is 23.8 Å². The Balaban J connectivity index is 2.22. The monoisotopic (exact) mass is 296 g/mol. The van der Waals surface area contributed by atoms with E-state index in [-0.39, 0.29) is 11.8 Å². The Morgan fingerprint density at radius 3 is 2.65 bits per heavy atom. The number of alkyl halides is 1. The summed E-state index contributed by atoms with van der Waals surface area (Å²) in [7, 11) is 0. The minimum atomic E-state index is -0.345. The van der Waals surface area contributed by atoms with E-state index in [9.17, 15) is 4.39 Å². The second-order valence-electron chi connectivity index (χ2n) is 3.52. The van der Waals surface area contributed by atoms with Crippen molar-refractivity contribution >= 4 is 15.9 Å². The lowest BCUT2D eigenvalue weighted by Crippen LogP contribution is -1.94. The van der Waals surface area contributed by atoms with Gasteiger partial charge in [0.1, 0.15) is 11.6 Å². The molecular formula is C12H10BrFN2O. The molecule has 1 heterocycles. The number of aryl methyl sites for hydroxylation is 1. The Morgan fingerprint density at radius 2 is 2.00 bits per heavy atom. The van der Waals surface area contributed by atoms with Crippen molar-refractivity contribution in [2.45, 2.75) is 12.3 Å². The van der Waals surface area contributed by atoms with Crippen molar-refractivity contribution in [2.24, 2.45) is 0 Å². The zero-order valence-electron chi connectivity index (χ0n) is 9.15. The fourth-order valence-electron chi connectivity index (χ4n) is 1.25. The van der Waals surface area contributed by atoms with E-state index in [4.69, 9.17) is 4.74 Å². The summed E-state index contributed by atoms with van der Waals surface area (Å²) in [6.45, 7) is 1.83. The molecule has 0 aliphatic carbocycles. The molecule has 1 aromatic carbocycles. The van der Waals surface area contributed by atoms with Crippen LogP contribution in [0, 0.1) is 12.7 Å². The zero-order valence-corrected chi connectivity index (χ0v) is 10.7. The number of nitrogens with zero attached hydrogens (tertiary/aromatic N) is 2. The van der Waals surface area contributed by atoms with Gasteiger partial charge in [-0.05, 0) is 24.1 Å². The van der Waals surface area contributed by atoms with Crippen LogP contribution in [0.4, 0.5) is 4.39 Å². The van der Waals surface area contributed by atoms with Gasteiger partial charge >= 0.3 is 6.01 Å². The van der Waals surface area contributed by atoms with Crippen LogP contribution in [0.1, 0.15) is 11.1 Å². The average Bonchev–Trinajstić information content (AvgIpc) is 2.35. The first-order valence-corrected chi connectivity index (χ1v) is 6.12. The standard InChI is InChI=1S/C12H10BrFN2O/c1-8-2-3-10(14)4-11(8)17-12-15-6-9(5-13)7-16-12/h2-4,6-7H,5H2,1H3. The van der Waals surface area contributed by atoms with Crippen LogP contribution in [-0.2, 0) is 5.33 Å². The van der Waals surface area contributed by atoms with Crippen LogP contribution in [-0.4, -0.2) is 9.97 Å². The lowest BCUT2D eigenvalue weighted by atomic mass is 10.2. The number of halogens is 2. The Hall–Kier alpha value is -1.49. The van der Waals surface area contributed by atoms with E-state index in [0.717, 1.165) is 11.1 Å². The molecule has 0 N–H and O–H groups in total. The molecule has 0 spiro atoms. The first-order chi connectivity index (χ1) is 8.19. The molecule has 17 heavy (non-hydrogen) atoms. The van der Waals surface area contributed by atoms with E-state index >= 15 is 0 Å². The highest BCUT2D eigenvalue weighted by Crippen LogP contribution is 2.23. The van der Waals surface area contributed by atoms with Crippen LogP contribution in [0.3, 0.4) is 0 Å². The van der Waals surface area contributed by atoms with Gasteiger partial charge in [-0.25, -0.2) is 14.4 Å². The molecule has 3 nitrogen and oxygen atoms in total. The predicted octanol–water partition coefficient (Wildman–Crippen LogP) is 3.61. The van der Waals surface area contributed by atoms with E-state index in [1.807, 2.05) is 6.92 Å². The Bertz CT molecular complexity index is 516. The minimum Gasteiger partial charge on any atom is -0.424 e. The molecule has 5 heteroatoms. The van der Waals surface area contributed by atoms with Crippen molar-refractivity contribution in [3.63, 3.8) is 0 Å². The van der Waals surface area contributed by atoms with Gasteiger partial charge in [-0.1, -0.05) is 22.0 Å². The molecule has 0 atom stereocenters. The highest BCUT2D eigenvalue weighted by atomic mass is 79.9. The molecule has 0 radical (unpaired) electrons. The highest BCUT2D eigenvalue weighted by Gasteiger charge is 2.05. The zero-order chi connectivity index (χ0) is 12.3. The van der Waals surface area contributed by atoms with Crippen molar-refractivity contribution in [3.8, 4) is 11.8 Å². The SMILES string of the molecule is Cc1ccc(F)cc1Oc1ncc(CBr)cn1. The van der Waals surface area contributed by atoms with Crippen LogP contribution in [0.15, 0.2) is 30.6 Å². The van der Waals surface area contributed by atoms with Gasteiger partial charge in [0.15, 0.2) is 0 Å². The third-order valence-electron chi connectivity index (χ3n) is 2.19. The number of benzene rings is 1. The summed E-state index contributed by atoms with van der Waals surface area (Å²) < 4.78 is 18.5. The van der Waals surface area contributed by atoms with Crippen LogP contribution in [0.5, 0.6) is 11.8 Å². The van der Waals surface area contributed by atoms with Gasteiger partial charge in [0.2, 0.25) is 0 Å². The number of ether oxygens (including phenoxy) is 1. The van der Waals surface area contributed by atoms with Gasteiger partial charge < -0.3 is 4.74 Å². The number of hydrogen-bond donors (Lipinski definition) is 0. The fourth-order valence-corrected chi connectivity index (χ4v) is 1.54. The maximum absolute atomic E-state index is 13.0. The molecule has 0 saturated heterocycles. The lowest BCUT2D eigenvalue weighted by molar-refractivity contribution is 0.434. The molecule has 0 bridgehead atoms. The average molecular weight is 297 g/mol. The summed E-state index contributed by atoms with van der Waals surface area (Å²) in [6, 6.07) is 4.56. The molecule has 0 aliphatic heterocycles. The molecule has 0 saturated carbocycles. The maximum atomic E-state index is 13.0. The lowest BCUT2D eigenvalue weighted by Gasteiger charge is -2.06. The van der Waals surface area contributed by atoms with Crippen LogP contribution >= 0.6 is 15.9 Å². The third kappa shape index (κ3) is 3.00. The number of hydrogen-bond acceptors (Lipinski definition) is 3. The Morgan fingerprint density at radius 1 is 1.29 bits per heavy atom. The summed E-state index contributed by atoms with van der Waals surface area (Å²) >= 11 is 3.30. The van der Waals surface area contributed by atoms with E-state index in [1.165, 1.54) is 12.1 Å². The van der Waals surface area contributed by atoms with E-state index in [1.54, 1.807) is 18.5 Å². The van der Waals surface area contributed by atoms with E-state index < -0.39 is 0 Å². The molecule has 0 unspecified atom stereocenters. The van der Waals surface area contributed by atoms with Crippen LogP contribution in [0.25, 0.3) is 0 Å².